The molecule has 0 spiro atoms. The number of anilines is 1. The third-order valence-electron chi connectivity index (χ3n) is 8.93. The molecule has 43 heavy (non-hydrogen) atoms. The zero-order valence-corrected chi connectivity index (χ0v) is 24.2. The lowest BCUT2D eigenvalue weighted by Gasteiger charge is -2.51. The molecule has 0 bridgehead atoms. The van der Waals surface area contributed by atoms with Gasteiger partial charge >= 0.3 is 6.03 Å². The Morgan fingerprint density at radius 2 is 1.60 bits per heavy atom. The topological polar surface area (TPSA) is 157 Å². The molecule has 2 aliphatic heterocycles. The first-order valence-electron chi connectivity index (χ1n) is 13.2. The smallest absolute Gasteiger partial charge is 0.328 e. The number of phenolic OH excluding ortho intramolecular Hbond substituents is 1. The molecule has 2 aromatic carbocycles. The summed E-state index contributed by atoms with van der Waals surface area (Å²) in [6, 6.07) is 5.89. The number of hydrogen-bond acceptors (Lipinski definition) is 8. The number of aromatic hydroxyl groups is 1. The number of nitrogens with zero attached hydrogens (tertiary/aromatic N) is 2. The van der Waals surface area contributed by atoms with E-state index in [9.17, 15) is 33.5 Å². The molecule has 6 atom stereocenters. The fraction of sp³-hybridized carbons (Fsp3) is 0.345. The summed E-state index contributed by atoms with van der Waals surface area (Å²) in [6.07, 6.45) is 1.28. The summed E-state index contributed by atoms with van der Waals surface area (Å²) in [5.41, 5.74) is 5.93. The highest BCUT2D eigenvalue weighted by molar-refractivity contribution is 6.58. The number of primary amides is 1. The highest BCUT2D eigenvalue weighted by atomic mass is 35.5. The van der Waals surface area contributed by atoms with Crippen LogP contribution in [0.5, 0.6) is 17.2 Å². The van der Waals surface area contributed by atoms with E-state index in [2.05, 4.69) is 0 Å². The number of allylic oxidation sites excluding steroid dienone is 2. The van der Waals surface area contributed by atoms with Gasteiger partial charge in [-0.15, -0.1) is 23.2 Å². The second kappa shape index (κ2) is 9.68. The van der Waals surface area contributed by atoms with Gasteiger partial charge in [0.15, 0.2) is 9.75 Å². The second-order valence-corrected chi connectivity index (χ2v) is 12.1. The number of fused-ring (bicyclic) bond motifs is 4. The van der Waals surface area contributed by atoms with Crippen LogP contribution >= 0.6 is 23.2 Å². The summed E-state index contributed by atoms with van der Waals surface area (Å²) in [7, 11) is 2.63. The number of amides is 6. The predicted octanol–water partition coefficient (Wildman–Crippen LogP) is 3.19. The van der Waals surface area contributed by atoms with Gasteiger partial charge in [-0.05, 0) is 43.0 Å². The lowest BCUT2D eigenvalue weighted by molar-refractivity contribution is -0.136. The van der Waals surface area contributed by atoms with Crippen LogP contribution in [0, 0.1) is 23.6 Å². The van der Waals surface area contributed by atoms with Crippen molar-refractivity contribution in [2.75, 3.05) is 19.1 Å². The van der Waals surface area contributed by atoms with Gasteiger partial charge in [-0.3, -0.25) is 19.2 Å². The van der Waals surface area contributed by atoms with Crippen LogP contribution in [-0.4, -0.2) is 63.6 Å². The Morgan fingerprint density at radius 3 is 2.16 bits per heavy atom. The number of nitrogens with two attached hydrogens (primary N) is 1. The van der Waals surface area contributed by atoms with Gasteiger partial charge in [-0.1, -0.05) is 11.6 Å². The molecule has 2 aromatic rings. The van der Waals surface area contributed by atoms with Crippen LogP contribution in [0.3, 0.4) is 0 Å². The van der Waals surface area contributed by atoms with Crippen molar-refractivity contribution < 1.29 is 42.9 Å². The maximum absolute atomic E-state index is 14.4. The molecule has 3 fully saturated rings. The van der Waals surface area contributed by atoms with Crippen molar-refractivity contribution in [3.8, 4) is 17.2 Å². The Bertz CT molecular complexity index is 1640. The van der Waals surface area contributed by atoms with Crippen molar-refractivity contribution in [3.63, 3.8) is 0 Å². The SMILES string of the molecule is COc1cc(O)cc(OC)c1C1C2=CCC3C(=O)N(C(N)=O)C(=O)C3C2CC2(Cl)C(=O)N(c3ccc(F)cc3)C(=O)C12Cl. The van der Waals surface area contributed by atoms with Gasteiger partial charge < -0.3 is 20.3 Å². The van der Waals surface area contributed by atoms with E-state index in [-0.39, 0.29) is 41.3 Å². The molecule has 6 amide bonds. The summed E-state index contributed by atoms with van der Waals surface area (Å²) in [6.45, 7) is 0. The maximum Gasteiger partial charge on any atom is 0.328 e. The van der Waals surface area contributed by atoms with Gasteiger partial charge in [0.2, 0.25) is 11.8 Å². The molecule has 14 heteroatoms. The number of halogens is 3. The molecule has 0 radical (unpaired) electrons. The molecule has 4 aliphatic rings. The van der Waals surface area contributed by atoms with Crippen LogP contribution in [-0.2, 0) is 19.2 Å². The highest BCUT2D eigenvalue weighted by Crippen LogP contribution is 2.67. The monoisotopic (exact) mass is 631 g/mol. The van der Waals surface area contributed by atoms with Crippen LogP contribution < -0.4 is 20.1 Å². The summed E-state index contributed by atoms with van der Waals surface area (Å²) in [5.74, 6) is -8.61. The summed E-state index contributed by atoms with van der Waals surface area (Å²) < 4.78 is 24.9. The number of methoxy groups -OCH3 is 2. The zero-order chi connectivity index (χ0) is 31.2. The zero-order valence-electron chi connectivity index (χ0n) is 22.7. The minimum absolute atomic E-state index is 0.00383. The average Bonchev–Trinajstić information content (AvgIpc) is 3.31. The van der Waals surface area contributed by atoms with E-state index in [0.717, 1.165) is 17.0 Å². The van der Waals surface area contributed by atoms with E-state index in [0.29, 0.717) is 10.5 Å². The Labute approximate surface area is 253 Å². The van der Waals surface area contributed by atoms with E-state index in [4.69, 9.17) is 38.4 Å². The normalized spacial score (nSPS) is 31.4. The molecule has 6 unspecified atom stereocenters. The maximum atomic E-state index is 14.4. The molecule has 2 aliphatic carbocycles. The molecule has 1 saturated carbocycles. The fourth-order valence-electron chi connectivity index (χ4n) is 7.14. The standard InChI is InChI=1S/C29H24Cl2FN3O8/c1-42-18-9-14(36)10-19(43-2)21(18)22-15-7-8-16-20(24(38)35(23(16)37)27(33)41)17(15)11-28(30)25(39)34(26(40)29(22,28)31)13-5-3-12(32)4-6-13/h3-7,9-10,16-17,20,22,36H,8,11H2,1-2H3,(H2,33,41). The molecule has 224 valence electrons. The molecular weight excluding hydrogens is 608 g/mol. The summed E-state index contributed by atoms with van der Waals surface area (Å²) in [4.78, 5) is 64.0. The van der Waals surface area contributed by atoms with Gasteiger partial charge in [0.1, 0.15) is 23.1 Å². The van der Waals surface area contributed by atoms with E-state index >= 15 is 0 Å². The number of hydrogen-bond donors (Lipinski definition) is 2. The number of carbonyl (C=O) groups is 5. The number of ether oxygens (including phenoxy) is 2. The van der Waals surface area contributed by atoms with Crippen LogP contribution in [0.2, 0.25) is 0 Å². The molecule has 6 rings (SSSR count). The number of alkyl halides is 2. The lowest BCUT2D eigenvalue weighted by Crippen LogP contribution is -2.60. The number of benzene rings is 2. The highest BCUT2D eigenvalue weighted by Gasteiger charge is 2.77. The second-order valence-electron chi connectivity index (χ2n) is 10.9. The first kappa shape index (κ1) is 28.9. The van der Waals surface area contributed by atoms with Gasteiger partial charge in [0.05, 0.1) is 31.7 Å². The molecule has 11 nitrogen and oxygen atoms in total. The van der Waals surface area contributed by atoms with Crippen LogP contribution in [0.25, 0.3) is 0 Å². The van der Waals surface area contributed by atoms with Crippen molar-refractivity contribution in [1.82, 2.24) is 4.90 Å². The minimum Gasteiger partial charge on any atom is -0.508 e. The van der Waals surface area contributed by atoms with Crippen LogP contribution in [0.1, 0.15) is 24.3 Å². The van der Waals surface area contributed by atoms with Crippen LogP contribution in [0.4, 0.5) is 14.9 Å². The van der Waals surface area contributed by atoms with Gasteiger partial charge in [0, 0.05) is 23.6 Å². The first-order chi connectivity index (χ1) is 20.3. The Morgan fingerprint density at radius 1 is 1.00 bits per heavy atom. The average molecular weight is 632 g/mol. The number of imide groups is 4. The van der Waals surface area contributed by atoms with Crippen LogP contribution in [0.15, 0.2) is 48.0 Å². The lowest BCUT2D eigenvalue weighted by atomic mass is 9.56. The van der Waals surface area contributed by atoms with Crippen molar-refractivity contribution >= 4 is 58.5 Å². The number of rotatable bonds is 4. The quantitative estimate of drug-likeness (QED) is 0.296. The molecule has 0 aromatic heterocycles. The van der Waals surface area contributed by atoms with Gasteiger partial charge in [-0.2, -0.15) is 4.90 Å². The van der Waals surface area contributed by atoms with Crippen molar-refractivity contribution in [2.24, 2.45) is 23.5 Å². The first-order valence-corrected chi connectivity index (χ1v) is 13.9. The Kier molecular flexibility index (Phi) is 6.51. The van der Waals surface area contributed by atoms with Crippen molar-refractivity contribution in [2.45, 2.75) is 28.5 Å². The summed E-state index contributed by atoms with van der Waals surface area (Å²) in [5, 5.41) is 10.4. The molecule has 2 heterocycles. The van der Waals surface area contributed by atoms with E-state index in [1.54, 1.807) is 6.08 Å². The number of carbonyl (C=O) groups excluding carboxylic acids is 5. The third kappa shape index (κ3) is 3.69. The predicted molar refractivity (Wildman–Crippen MR) is 149 cm³/mol. The van der Waals surface area contributed by atoms with E-state index < -0.39 is 68.9 Å². The van der Waals surface area contributed by atoms with Gasteiger partial charge in [0.25, 0.3) is 11.8 Å². The van der Waals surface area contributed by atoms with Crippen molar-refractivity contribution in [3.05, 3.63) is 59.4 Å². The third-order valence-corrected chi connectivity index (χ3v) is 10.3. The van der Waals surface area contributed by atoms with E-state index in [1.165, 1.54) is 38.5 Å². The fourth-order valence-corrected chi connectivity index (χ4v) is 8.06. The van der Waals surface area contributed by atoms with Gasteiger partial charge in [-0.25, -0.2) is 14.1 Å². The minimum atomic E-state index is -2.26. The van der Waals surface area contributed by atoms with E-state index in [1.807, 2.05) is 0 Å². The van der Waals surface area contributed by atoms with Crippen molar-refractivity contribution in [1.29, 1.82) is 0 Å². The number of likely N-dealkylation sites (tertiary alicyclic amines) is 1. The molecular formula is C29H24Cl2FN3O8. The summed E-state index contributed by atoms with van der Waals surface area (Å²) >= 11 is 14.6. The number of phenols is 1. The Hall–Kier alpha value is -4.16. The molecule has 3 N–H and O–H groups in total. The largest absolute Gasteiger partial charge is 0.508 e. The number of urea groups is 1. The Balaban J connectivity index is 1.63. The molecule has 2 saturated heterocycles.